The fourth-order valence-corrected chi connectivity index (χ4v) is 2.21. The summed E-state index contributed by atoms with van der Waals surface area (Å²) in [5.74, 6) is -0.190. The summed E-state index contributed by atoms with van der Waals surface area (Å²) in [5.41, 5.74) is 2.77. The first kappa shape index (κ1) is 17.5. The Bertz CT molecular complexity index is 446. The Balaban J connectivity index is 2.34. The molecular weight excluding hydrogens is 260 g/mol. The maximum Gasteiger partial charge on any atom is 0.333 e. The summed E-state index contributed by atoms with van der Waals surface area (Å²) in [6.45, 7) is 6.55. The third-order valence-electron chi connectivity index (χ3n) is 3.81. The maximum absolute atomic E-state index is 12.0. The molecule has 1 rings (SSSR count). The lowest BCUT2D eigenvalue weighted by atomic mass is 10.0. The summed E-state index contributed by atoms with van der Waals surface area (Å²) in [5, 5.41) is 0. The number of allylic oxidation sites excluding steroid dienone is 1. The van der Waals surface area contributed by atoms with Crippen LogP contribution in [0.15, 0.2) is 35.9 Å². The minimum atomic E-state index is -0.190. The number of rotatable bonds is 9. The van der Waals surface area contributed by atoms with Crippen molar-refractivity contribution >= 4 is 11.5 Å². The quantitative estimate of drug-likeness (QED) is 0.346. The van der Waals surface area contributed by atoms with E-state index in [1.165, 1.54) is 25.7 Å². The Morgan fingerprint density at radius 1 is 0.952 bits per heavy atom. The zero-order valence-electron chi connectivity index (χ0n) is 13.7. The molecule has 0 N–H and O–H groups in total. The number of hydrogen-bond donors (Lipinski definition) is 0. The Morgan fingerprint density at radius 3 is 2.24 bits per heavy atom. The molecule has 1 aromatic carbocycles. The van der Waals surface area contributed by atoms with E-state index >= 15 is 0 Å². The van der Waals surface area contributed by atoms with E-state index in [1.54, 1.807) is 0 Å². The van der Waals surface area contributed by atoms with E-state index in [0.717, 1.165) is 24.0 Å². The Hall–Kier alpha value is -1.57. The molecule has 0 fully saturated rings. The summed E-state index contributed by atoms with van der Waals surface area (Å²) in [6, 6.07) is 9.96. The number of carbonyl (C=O) groups is 1. The molecule has 0 aliphatic rings. The monoisotopic (exact) mass is 288 g/mol. The summed E-state index contributed by atoms with van der Waals surface area (Å²) < 4.78 is 5.36. The van der Waals surface area contributed by atoms with Gasteiger partial charge in [-0.1, -0.05) is 69.4 Å². The molecule has 0 atom stereocenters. The highest BCUT2D eigenvalue weighted by atomic mass is 16.5. The zero-order valence-corrected chi connectivity index (χ0v) is 13.7. The fraction of sp³-hybridized carbons (Fsp3) is 0.526. The molecule has 0 aliphatic carbocycles. The second kappa shape index (κ2) is 10.2. The standard InChI is InChI=1S/C19H28O2/c1-4-5-6-7-8-12-15-21-19(20)17(3)16(2)18-13-10-9-11-14-18/h9-11,13-14H,4-8,12,15H2,1-3H3. The van der Waals surface area contributed by atoms with Crippen molar-refractivity contribution in [3.63, 3.8) is 0 Å². The van der Waals surface area contributed by atoms with Gasteiger partial charge in [0.05, 0.1) is 6.61 Å². The van der Waals surface area contributed by atoms with E-state index < -0.39 is 0 Å². The molecule has 2 heteroatoms. The van der Waals surface area contributed by atoms with Gasteiger partial charge in [-0.2, -0.15) is 0 Å². The Labute approximate surface area is 129 Å². The molecule has 0 amide bonds. The number of unbranched alkanes of at least 4 members (excludes halogenated alkanes) is 5. The highest BCUT2D eigenvalue weighted by Crippen LogP contribution is 2.18. The molecule has 0 saturated heterocycles. The molecule has 2 nitrogen and oxygen atoms in total. The van der Waals surface area contributed by atoms with Crippen molar-refractivity contribution < 1.29 is 9.53 Å². The van der Waals surface area contributed by atoms with Crippen LogP contribution in [0.1, 0.15) is 64.9 Å². The first-order valence-electron chi connectivity index (χ1n) is 8.06. The van der Waals surface area contributed by atoms with Crippen LogP contribution < -0.4 is 0 Å². The number of benzene rings is 1. The maximum atomic E-state index is 12.0. The van der Waals surface area contributed by atoms with Gasteiger partial charge < -0.3 is 4.74 Å². The molecule has 0 unspecified atom stereocenters. The average Bonchev–Trinajstić information content (AvgIpc) is 2.53. The van der Waals surface area contributed by atoms with Crippen molar-refractivity contribution in [1.29, 1.82) is 0 Å². The van der Waals surface area contributed by atoms with Gasteiger partial charge in [-0.15, -0.1) is 0 Å². The lowest BCUT2D eigenvalue weighted by molar-refractivity contribution is -0.139. The second-order valence-electron chi connectivity index (χ2n) is 5.52. The molecule has 0 aliphatic heterocycles. The smallest absolute Gasteiger partial charge is 0.333 e. The van der Waals surface area contributed by atoms with Crippen LogP contribution in [0.4, 0.5) is 0 Å². The molecular formula is C19H28O2. The van der Waals surface area contributed by atoms with Crippen LogP contribution in [-0.4, -0.2) is 12.6 Å². The van der Waals surface area contributed by atoms with E-state index in [2.05, 4.69) is 6.92 Å². The number of esters is 1. The summed E-state index contributed by atoms with van der Waals surface area (Å²) in [7, 11) is 0. The van der Waals surface area contributed by atoms with Crippen molar-refractivity contribution in [2.45, 2.75) is 59.3 Å². The summed E-state index contributed by atoms with van der Waals surface area (Å²) in [4.78, 5) is 12.0. The minimum absolute atomic E-state index is 0.190. The number of hydrogen-bond acceptors (Lipinski definition) is 2. The number of ether oxygens (including phenoxy) is 1. The van der Waals surface area contributed by atoms with E-state index in [4.69, 9.17) is 4.74 Å². The SMILES string of the molecule is CCCCCCCCOC(=O)C(C)=C(C)c1ccccc1. The molecule has 0 saturated carbocycles. The first-order valence-corrected chi connectivity index (χ1v) is 8.06. The largest absolute Gasteiger partial charge is 0.462 e. The molecule has 116 valence electrons. The van der Waals surface area contributed by atoms with Gasteiger partial charge in [0.15, 0.2) is 0 Å². The lowest BCUT2D eigenvalue weighted by Crippen LogP contribution is -2.08. The van der Waals surface area contributed by atoms with Gasteiger partial charge in [0.25, 0.3) is 0 Å². The van der Waals surface area contributed by atoms with Crippen molar-refractivity contribution in [2.75, 3.05) is 6.61 Å². The van der Waals surface area contributed by atoms with Gasteiger partial charge in [0, 0.05) is 5.57 Å². The van der Waals surface area contributed by atoms with Crippen LogP contribution in [0.2, 0.25) is 0 Å². The van der Waals surface area contributed by atoms with Gasteiger partial charge in [0.2, 0.25) is 0 Å². The van der Waals surface area contributed by atoms with Gasteiger partial charge in [0.1, 0.15) is 0 Å². The van der Waals surface area contributed by atoms with Crippen LogP contribution in [0.5, 0.6) is 0 Å². The minimum Gasteiger partial charge on any atom is -0.462 e. The van der Waals surface area contributed by atoms with Crippen molar-refractivity contribution in [2.24, 2.45) is 0 Å². The predicted octanol–water partition coefficient (Wildman–Crippen LogP) is 5.38. The van der Waals surface area contributed by atoms with Crippen LogP contribution in [-0.2, 0) is 9.53 Å². The van der Waals surface area contributed by atoms with Gasteiger partial charge in [-0.05, 0) is 31.4 Å². The van der Waals surface area contributed by atoms with Crippen molar-refractivity contribution in [3.05, 3.63) is 41.5 Å². The normalized spacial score (nSPS) is 12.0. The second-order valence-corrected chi connectivity index (χ2v) is 5.52. The third kappa shape index (κ3) is 6.61. The summed E-state index contributed by atoms with van der Waals surface area (Å²) >= 11 is 0. The first-order chi connectivity index (χ1) is 10.2. The molecule has 21 heavy (non-hydrogen) atoms. The van der Waals surface area contributed by atoms with Gasteiger partial charge in [-0.25, -0.2) is 4.79 Å². The van der Waals surface area contributed by atoms with Gasteiger partial charge >= 0.3 is 5.97 Å². The summed E-state index contributed by atoms with van der Waals surface area (Å²) in [6.07, 6.45) is 7.20. The van der Waals surface area contributed by atoms with E-state index in [1.807, 2.05) is 44.2 Å². The van der Waals surface area contributed by atoms with Crippen LogP contribution in [0.3, 0.4) is 0 Å². The van der Waals surface area contributed by atoms with Crippen LogP contribution in [0, 0.1) is 0 Å². The molecule has 0 spiro atoms. The van der Waals surface area contributed by atoms with E-state index in [-0.39, 0.29) is 5.97 Å². The highest BCUT2D eigenvalue weighted by Gasteiger charge is 2.10. The molecule has 0 bridgehead atoms. The lowest BCUT2D eigenvalue weighted by Gasteiger charge is -2.09. The highest BCUT2D eigenvalue weighted by molar-refractivity contribution is 5.96. The van der Waals surface area contributed by atoms with Crippen molar-refractivity contribution in [1.82, 2.24) is 0 Å². The molecule has 0 heterocycles. The molecule has 0 aromatic heterocycles. The fourth-order valence-electron chi connectivity index (χ4n) is 2.21. The average molecular weight is 288 g/mol. The Kier molecular flexibility index (Phi) is 8.49. The molecule has 1 aromatic rings. The van der Waals surface area contributed by atoms with E-state index in [9.17, 15) is 4.79 Å². The molecule has 0 radical (unpaired) electrons. The van der Waals surface area contributed by atoms with Crippen LogP contribution in [0.25, 0.3) is 5.57 Å². The zero-order chi connectivity index (χ0) is 15.5. The third-order valence-corrected chi connectivity index (χ3v) is 3.81. The Morgan fingerprint density at radius 2 is 1.57 bits per heavy atom. The van der Waals surface area contributed by atoms with E-state index in [0.29, 0.717) is 12.2 Å². The van der Waals surface area contributed by atoms with Gasteiger partial charge in [-0.3, -0.25) is 0 Å². The number of carbonyl (C=O) groups excluding carboxylic acids is 1. The predicted molar refractivity (Wildman–Crippen MR) is 89.0 cm³/mol. The van der Waals surface area contributed by atoms with Crippen LogP contribution >= 0.6 is 0 Å². The topological polar surface area (TPSA) is 26.3 Å². The van der Waals surface area contributed by atoms with Crippen molar-refractivity contribution in [3.8, 4) is 0 Å².